The Morgan fingerprint density at radius 3 is 1.29 bits per heavy atom. The molecule has 6 saturated carbocycles. The van der Waals surface area contributed by atoms with Crippen LogP contribution in [0.3, 0.4) is 0 Å². The molecule has 6 aliphatic carbocycles. The van der Waals surface area contributed by atoms with Crippen molar-refractivity contribution in [1.82, 2.24) is 0 Å². The molecule has 0 amide bonds. The summed E-state index contributed by atoms with van der Waals surface area (Å²) in [6, 6.07) is 0. The van der Waals surface area contributed by atoms with Crippen LogP contribution in [0.5, 0.6) is 0 Å². The fourth-order valence-corrected chi connectivity index (χ4v) is 17.0. The number of carbonyl (C=O) groups is 1. The first-order valence-corrected chi connectivity index (χ1v) is 38.1. The fraction of sp³-hybridized carbons (Fsp3) is 0.795. The van der Waals surface area contributed by atoms with Crippen molar-refractivity contribution in [2.24, 2.45) is 80.8 Å². The molecule has 5 heteroatoms. The molecule has 0 aromatic heterocycles. The molecule has 3 nitrogen and oxygen atoms in total. The van der Waals surface area contributed by atoms with Gasteiger partial charge in [-0.1, -0.05) is 213 Å². The van der Waals surface area contributed by atoms with E-state index in [1.54, 1.807) is 11.1 Å². The van der Waals surface area contributed by atoms with E-state index >= 15 is 0 Å². The summed E-state index contributed by atoms with van der Waals surface area (Å²) in [4.78, 5) is 11.5. The average Bonchev–Trinajstić information content (AvgIpc) is 3.87. The summed E-state index contributed by atoms with van der Waals surface area (Å²) in [5.74, 6) is 6.26. The lowest BCUT2D eigenvalue weighted by atomic mass is 9.61. The summed E-state index contributed by atoms with van der Waals surface area (Å²) in [6.45, 7) is 67.9. The summed E-state index contributed by atoms with van der Waals surface area (Å²) >= 11 is 0. The molecule has 0 N–H and O–H groups in total. The highest BCUT2D eigenvalue weighted by molar-refractivity contribution is 6.74. The Hall–Kier alpha value is -1.80. The molecule has 0 radical (unpaired) electrons. The Kier molecular flexibility index (Phi) is 23.6. The van der Waals surface area contributed by atoms with Gasteiger partial charge in [0, 0.05) is 5.92 Å². The maximum atomic E-state index is 11.5. The number of allylic oxidation sites excluding steroid dienone is 8. The number of rotatable bonds is 12. The minimum atomic E-state index is -1.83. The molecule has 0 heterocycles. The van der Waals surface area contributed by atoms with Gasteiger partial charge in [0.15, 0.2) is 16.6 Å². The van der Waals surface area contributed by atoms with Crippen molar-refractivity contribution in [1.29, 1.82) is 0 Å². The van der Waals surface area contributed by atoms with Crippen LogP contribution >= 0.6 is 0 Å². The first kappa shape index (κ1) is 68.7. The first-order valence-electron chi connectivity index (χ1n) is 32.3. The van der Waals surface area contributed by atoms with E-state index in [-0.39, 0.29) is 33.6 Å². The third-order valence-corrected chi connectivity index (χ3v) is 32.1. The number of fused-ring (bicyclic) bond motifs is 2. The summed E-state index contributed by atoms with van der Waals surface area (Å²) in [5.41, 5.74) is 10.2. The van der Waals surface area contributed by atoms with Crippen LogP contribution in [-0.2, 0) is 13.6 Å². The number of hydrogen-bond acceptors (Lipinski definition) is 3. The molecule has 0 spiro atoms. The molecule has 0 aromatic rings. The second kappa shape index (κ2) is 26.8. The predicted octanol–water partition coefficient (Wildman–Crippen LogP) is 22.7. The van der Waals surface area contributed by atoms with Crippen molar-refractivity contribution in [3.05, 3.63) is 83.1 Å². The molecular formula is C73H128O3Si2. The van der Waals surface area contributed by atoms with Crippen LogP contribution in [-0.4, -0.2) is 35.1 Å². The SMILES string of the molecule is C=C1/C(=C\C=C2/CCC[C@]3(C)C([C@H](C)/C=C/C(C)C(C)(C)C)CC[C@@H]23)C[C@@H](C)C[C@@H]1O[Si](C)(C)C(C)(C)C.C=C1/C(=C\C=C2/CCC[C@]3(C)C([C@H](C)C=O)CC[C@@H]23)C[C@@H](C)C[C@@H]1O[Si](C)(C)C(C)(C)C.CC[C@H](C)C(C)(C)C. The molecule has 3 unspecified atom stereocenters. The summed E-state index contributed by atoms with van der Waals surface area (Å²) in [6.07, 6.45) is 35.0. The molecule has 78 heavy (non-hydrogen) atoms. The lowest BCUT2D eigenvalue weighted by Crippen LogP contribution is -2.45. The third kappa shape index (κ3) is 16.9. The van der Waals surface area contributed by atoms with E-state index in [1.165, 1.54) is 99.2 Å². The van der Waals surface area contributed by atoms with Crippen molar-refractivity contribution < 1.29 is 13.6 Å². The summed E-state index contributed by atoms with van der Waals surface area (Å²) in [5, 5.41) is 0.437. The average molecular weight is 1110 g/mol. The lowest BCUT2D eigenvalue weighted by molar-refractivity contribution is -0.113. The number of aldehydes is 1. The Morgan fingerprint density at radius 2 is 0.974 bits per heavy atom. The van der Waals surface area contributed by atoms with E-state index in [0.717, 1.165) is 43.4 Å². The van der Waals surface area contributed by atoms with Gasteiger partial charge in [-0.05, 0) is 223 Å². The second-order valence-electron chi connectivity index (χ2n) is 33.0. The molecule has 0 aromatic carbocycles. The van der Waals surface area contributed by atoms with Gasteiger partial charge < -0.3 is 13.6 Å². The molecule has 6 rings (SSSR count). The zero-order chi connectivity index (χ0) is 59.4. The maximum absolute atomic E-state index is 11.5. The van der Waals surface area contributed by atoms with Gasteiger partial charge in [-0.3, -0.25) is 0 Å². The van der Waals surface area contributed by atoms with E-state index in [0.29, 0.717) is 51.8 Å². The van der Waals surface area contributed by atoms with E-state index in [9.17, 15) is 4.79 Å². The van der Waals surface area contributed by atoms with Gasteiger partial charge in [0.05, 0.1) is 12.2 Å². The van der Waals surface area contributed by atoms with Gasteiger partial charge >= 0.3 is 0 Å². The van der Waals surface area contributed by atoms with Crippen LogP contribution in [0.2, 0.25) is 36.3 Å². The first-order chi connectivity index (χ1) is 35.6. The molecule has 446 valence electrons. The Balaban J connectivity index is 0.000000298. The molecule has 14 atom stereocenters. The number of hydrogen-bond donors (Lipinski definition) is 0. The van der Waals surface area contributed by atoms with Crippen molar-refractivity contribution in [2.75, 3.05) is 0 Å². The normalized spacial score (nSPS) is 34.2. The molecular weight excluding hydrogens is 981 g/mol. The van der Waals surface area contributed by atoms with Crippen molar-refractivity contribution in [3.8, 4) is 0 Å². The van der Waals surface area contributed by atoms with Gasteiger partial charge in [0.2, 0.25) is 0 Å². The van der Waals surface area contributed by atoms with E-state index < -0.39 is 16.6 Å². The topological polar surface area (TPSA) is 35.5 Å². The second-order valence-corrected chi connectivity index (χ2v) is 42.5. The molecule has 0 saturated heterocycles. The van der Waals surface area contributed by atoms with Crippen molar-refractivity contribution in [3.63, 3.8) is 0 Å². The molecule has 6 aliphatic rings. The van der Waals surface area contributed by atoms with Gasteiger partial charge in [0.25, 0.3) is 0 Å². The zero-order valence-corrected chi connectivity index (χ0v) is 58.2. The van der Waals surface area contributed by atoms with Gasteiger partial charge in [0.1, 0.15) is 6.29 Å². The zero-order valence-electron chi connectivity index (χ0n) is 56.2. The quantitative estimate of drug-likeness (QED) is 0.111. The van der Waals surface area contributed by atoms with Gasteiger partial charge in [-0.15, -0.1) is 0 Å². The molecule has 0 bridgehead atoms. The summed E-state index contributed by atoms with van der Waals surface area (Å²) < 4.78 is 13.7. The highest BCUT2D eigenvalue weighted by Crippen LogP contribution is 2.61. The standard InChI is InChI=1S/C36H62OSi.C29H48O2Si.C8H18/c1-25-23-30(28(4)33(24-25)37-38(12,13)35(8,9)10)19-18-29-15-14-22-36(11)31(20-21-32(29)36)26(2)16-17-27(3)34(5,6)7;1-20-17-24(22(3)27(18-20)31-32(8,9)28(4,5)6)13-12-23-11-10-16-29(7)25(21(2)19-30)14-15-26(23)29;1-6-7(2)8(3,4)5/h16-19,25-27,31-33H,4,14-15,20-24H2,1-3,5-13H3;12-13,19-21,25-27H,3,10-11,14-18H2,1-2,4-9H3;7H,6H2,1-5H3/b17-16+,29-18+,30-19-;23-12+,24-13-;/t25-,26-,27?,31?,32+,33+,36-;20-,21-,25?,26+,27+,29-;7-/m110/s1. The molecule has 6 fully saturated rings. The minimum absolute atomic E-state index is 0.158. The van der Waals surface area contributed by atoms with E-state index in [2.05, 4.69) is 221 Å². The van der Waals surface area contributed by atoms with Crippen LogP contribution in [0.15, 0.2) is 83.1 Å². The largest absolute Gasteiger partial charge is 0.410 e. The predicted molar refractivity (Wildman–Crippen MR) is 349 cm³/mol. The Morgan fingerprint density at radius 1 is 0.590 bits per heavy atom. The van der Waals surface area contributed by atoms with Crippen LogP contribution in [0.4, 0.5) is 0 Å². The van der Waals surface area contributed by atoms with Gasteiger partial charge in [-0.25, -0.2) is 0 Å². The highest BCUT2D eigenvalue weighted by atomic mass is 28.4. The van der Waals surface area contributed by atoms with Crippen LogP contribution in [0.1, 0.15) is 242 Å². The summed E-state index contributed by atoms with van der Waals surface area (Å²) in [7, 11) is -3.66. The van der Waals surface area contributed by atoms with Crippen LogP contribution < -0.4 is 0 Å². The van der Waals surface area contributed by atoms with Crippen molar-refractivity contribution >= 4 is 22.9 Å². The van der Waals surface area contributed by atoms with Crippen LogP contribution in [0.25, 0.3) is 0 Å². The minimum Gasteiger partial charge on any atom is -0.410 e. The van der Waals surface area contributed by atoms with E-state index in [4.69, 9.17) is 8.85 Å². The third-order valence-electron chi connectivity index (χ3n) is 23.2. The fourth-order valence-electron chi connectivity index (χ4n) is 14.4. The highest BCUT2D eigenvalue weighted by Gasteiger charge is 2.52. The Labute approximate surface area is 488 Å². The molecule has 0 aliphatic heterocycles. The lowest BCUT2D eigenvalue weighted by Gasteiger charge is -2.44. The van der Waals surface area contributed by atoms with E-state index in [1.807, 2.05) is 0 Å². The number of carbonyl (C=O) groups excluding carboxylic acids is 1. The smallest absolute Gasteiger partial charge is 0.192 e. The van der Waals surface area contributed by atoms with Crippen molar-refractivity contribution in [2.45, 2.75) is 290 Å². The Bertz CT molecular complexity index is 2170. The van der Waals surface area contributed by atoms with Crippen LogP contribution in [0, 0.1) is 80.8 Å². The monoisotopic (exact) mass is 1110 g/mol. The van der Waals surface area contributed by atoms with Gasteiger partial charge in [-0.2, -0.15) is 0 Å². The maximum Gasteiger partial charge on any atom is 0.192 e.